The van der Waals surface area contributed by atoms with E-state index in [9.17, 15) is 0 Å². The van der Waals surface area contributed by atoms with Crippen LogP contribution in [0.5, 0.6) is 0 Å². The first-order valence-corrected chi connectivity index (χ1v) is 7.06. The zero-order valence-electron chi connectivity index (χ0n) is 10.3. The molecule has 2 aromatic rings. The molecule has 2 aromatic heterocycles. The molecule has 0 radical (unpaired) electrons. The molecule has 0 amide bonds. The van der Waals surface area contributed by atoms with Crippen molar-refractivity contribution in [1.29, 1.82) is 0 Å². The zero-order chi connectivity index (χ0) is 12.5. The Labute approximate surface area is 111 Å². The van der Waals surface area contributed by atoms with Gasteiger partial charge in [-0.2, -0.15) is 0 Å². The third-order valence-corrected chi connectivity index (χ3v) is 4.56. The minimum absolute atomic E-state index is 0.0531. The summed E-state index contributed by atoms with van der Waals surface area (Å²) in [7, 11) is 0. The molecule has 4 heteroatoms. The van der Waals surface area contributed by atoms with Gasteiger partial charge in [0.2, 0.25) is 0 Å². The monoisotopic (exact) mass is 260 g/mol. The largest absolute Gasteiger partial charge is 0.392 e. The van der Waals surface area contributed by atoms with E-state index in [0.717, 1.165) is 24.3 Å². The van der Waals surface area contributed by atoms with Gasteiger partial charge in [0, 0.05) is 17.6 Å². The number of hydrogen-bond donors (Lipinski definition) is 1. The summed E-state index contributed by atoms with van der Waals surface area (Å²) in [6.07, 6.45) is 2.85. The smallest absolute Gasteiger partial charge is 0.129 e. The van der Waals surface area contributed by atoms with Gasteiger partial charge in [-0.1, -0.05) is 6.07 Å². The molecule has 0 saturated heterocycles. The number of thiophene rings is 1. The number of hydrogen-bond acceptors (Lipinski definition) is 4. The first-order chi connectivity index (χ1) is 8.79. The Morgan fingerprint density at radius 1 is 1.44 bits per heavy atom. The Morgan fingerprint density at radius 3 is 3.06 bits per heavy atom. The van der Waals surface area contributed by atoms with E-state index in [4.69, 9.17) is 5.11 Å². The van der Waals surface area contributed by atoms with E-state index >= 15 is 0 Å². The van der Waals surface area contributed by atoms with Crippen LogP contribution >= 0.6 is 11.3 Å². The summed E-state index contributed by atoms with van der Waals surface area (Å²) >= 11 is 1.85. The third-order valence-electron chi connectivity index (χ3n) is 3.56. The molecule has 0 aliphatic carbocycles. The maximum absolute atomic E-state index is 9.04. The van der Waals surface area contributed by atoms with Crippen LogP contribution in [0, 0.1) is 0 Å². The highest BCUT2D eigenvalue weighted by Crippen LogP contribution is 2.35. The normalized spacial score (nSPS) is 18.8. The highest BCUT2D eigenvalue weighted by molar-refractivity contribution is 7.10. The van der Waals surface area contributed by atoms with Crippen LogP contribution in [0.2, 0.25) is 0 Å². The highest BCUT2D eigenvalue weighted by atomic mass is 32.1. The van der Waals surface area contributed by atoms with Crippen molar-refractivity contribution in [1.82, 2.24) is 4.98 Å². The molecule has 1 aliphatic rings. The Kier molecular flexibility index (Phi) is 3.06. The molecule has 3 heterocycles. The van der Waals surface area contributed by atoms with Crippen LogP contribution in [0.4, 0.5) is 5.82 Å². The number of anilines is 1. The number of fused-ring (bicyclic) bond motifs is 1. The molecule has 0 fully saturated rings. The lowest BCUT2D eigenvalue weighted by atomic mass is 10.0. The molecule has 3 nitrogen and oxygen atoms in total. The van der Waals surface area contributed by atoms with E-state index in [1.165, 1.54) is 10.4 Å². The SMILES string of the molecule is CC1c2ccsc2CCN1c1ccc(CO)cn1. The number of aromatic nitrogens is 1. The number of nitrogens with zero attached hydrogens (tertiary/aromatic N) is 2. The molecule has 94 valence electrons. The van der Waals surface area contributed by atoms with Gasteiger partial charge in [-0.25, -0.2) is 4.98 Å². The maximum Gasteiger partial charge on any atom is 0.129 e. The fourth-order valence-corrected chi connectivity index (χ4v) is 3.47. The van der Waals surface area contributed by atoms with Crippen molar-refractivity contribution in [3.63, 3.8) is 0 Å². The fourth-order valence-electron chi connectivity index (χ4n) is 2.50. The molecule has 1 N–H and O–H groups in total. The lowest BCUT2D eigenvalue weighted by Gasteiger charge is -2.34. The number of aliphatic hydroxyl groups is 1. The number of rotatable bonds is 2. The van der Waals surface area contributed by atoms with Crippen molar-refractivity contribution in [2.45, 2.75) is 26.0 Å². The van der Waals surface area contributed by atoms with E-state index in [2.05, 4.69) is 28.3 Å². The first-order valence-electron chi connectivity index (χ1n) is 6.18. The molecular weight excluding hydrogens is 244 g/mol. The molecule has 0 saturated carbocycles. The average molecular weight is 260 g/mol. The topological polar surface area (TPSA) is 36.4 Å². The third kappa shape index (κ3) is 1.91. The quantitative estimate of drug-likeness (QED) is 0.902. The summed E-state index contributed by atoms with van der Waals surface area (Å²) in [6.45, 7) is 3.30. The average Bonchev–Trinajstić information content (AvgIpc) is 2.89. The van der Waals surface area contributed by atoms with Crippen molar-refractivity contribution >= 4 is 17.2 Å². The van der Waals surface area contributed by atoms with Crippen LogP contribution in [-0.2, 0) is 13.0 Å². The number of pyridine rings is 1. The second kappa shape index (κ2) is 4.71. The summed E-state index contributed by atoms with van der Waals surface area (Å²) in [5.74, 6) is 0.997. The van der Waals surface area contributed by atoms with Gasteiger partial charge < -0.3 is 10.0 Å². The minimum atomic E-state index is 0.0531. The molecule has 1 atom stereocenters. The molecule has 3 rings (SSSR count). The summed E-state index contributed by atoms with van der Waals surface area (Å²) < 4.78 is 0. The summed E-state index contributed by atoms with van der Waals surface area (Å²) in [5, 5.41) is 11.2. The lowest BCUT2D eigenvalue weighted by molar-refractivity contribution is 0.281. The predicted molar refractivity (Wildman–Crippen MR) is 73.9 cm³/mol. The van der Waals surface area contributed by atoms with Gasteiger partial charge in [0.05, 0.1) is 12.6 Å². The number of aliphatic hydroxyl groups excluding tert-OH is 1. The van der Waals surface area contributed by atoms with E-state index < -0.39 is 0 Å². The zero-order valence-corrected chi connectivity index (χ0v) is 11.2. The fraction of sp³-hybridized carbons (Fsp3) is 0.357. The minimum Gasteiger partial charge on any atom is -0.392 e. The summed E-state index contributed by atoms with van der Waals surface area (Å²) in [4.78, 5) is 8.29. The van der Waals surface area contributed by atoms with E-state index in [1.54, 1.807) is 6.20 Å². The Bertz CT molecular complexity index is 535. The molecule has 18 heavy (non-hydrogen) atoms. The Balaban J connectivity index is 1.89. The van der Waals surface area contributed by atoms with Gasteiger partial charge in [0.1, 0.15) is 5.82 Å². The van der Waals surface area contributed by atoms with Crippen LogP contribution in [-0.4, -0.2) is 16.6 Å². The van der Waals surface area contributed by atoms with Gasteiger partial charge >= 0.3 is 0 Å². The van der Waals surface area contributed by atoms with E-state index in [1.807, 2.05) is 23.5 Å². The van der Waals surface area contributed by atoms with Gasteiger partial charge in [-0.15, -0.1) is 11.3 Å². The van der Waals surface area contributed by atoms with Gasteiger partial charge in [-0.05, 0) is 42.0 Å². The molecule has 1 unspecified atom stereocenters. The predicted octanol–water partition coefficient (Wildman–Crippen LogP) is 2.76. The highest BCUT2D eigenvalue weighted by Gasteiger charge is 2.25. The van der Waals surface area contributed by atoms with Gasteiger partial charge in [-0.3, -0.25) is 0 Å². The van der Waals surface area contributed by atoms with Crippen LogP contribution in [0.15, 0.2) is 29.8 Å². The van der Waals surface area contributed by atoms with Crippen LogP contribution in [0.1, 0.15) is 29.0 Å². The van der Waals surface area contributed by atoms with Crippen molar-refractivity contribution in [3.8, 4) is 0 Å². The van der Waals surface area contributed by atoms with Crippen LogP contribution in [0.3, 0.4) is 0 Å². The van der Waals surface area contributed by atoms with Crippen molar-refractivity contribution in [2.24, 2.45) is 0 Å². The van der Waals surface area contributed by atoms with Gasteiger partial charge in [0.25, 0.3) is 0 Å². The Morgan fingerprint density at radius 2 is 2.33 bits per heavy atom. The second-order valence-corrected chi connectivity index (χ2v) is 5.60. The van der Waals surface area contributed by atoms with E-state index in [0.29, 0.717) is 6.04 Å². The van der Waals surface area contributed by atoms with Crippen molar-refractivity contribution in [2.75, 3.05) is 11.4 Å². The summed E-state index contributed by atoms with van der Waals surface area (Å²) in [6, 6.07) is 6.55. The first kappa shape index (κ1) is 11.7. The van der Waals surface area contributed by atoms with Crippen molar-refractivity contribution in [3.05, 3.63) is 45.8 Å². The maximum atomic E-state index is 9.04. The van der Waals surface area contributed by atoms with Crippen LogP contribution < -0.4 is 4.90 Å². The standard InChI is InChI=1S/C14H16N2OS/c1-10-12-5-7-18-13(12)4-6-16(10)14-3-2-11(9-17)8-15-14/h2-3,5,7-8,10,17H,4,6,9H2,1H3. The molecule has 1 aliphatic heterocycles. The molecular formula is C14H16N2OS. The second-order valence-electron chi connectivity index (χ2n) is 4.60. The van der Waals surface area contributed by atoms with Crippen LogP contribution in [0.25, 0.3) is 0 Å². The molecule has 0 bridgehead atoms. The molecule has 0 spiro atoms. The Hall–Kier alpha value is -1.39. The molecule has 0 aromatic carbocycles. The summed E-state index contributed by atoms with van der Waals surface area (Å²) in [5.41, 5.74) is 2.29. The van der Waals surface area contributed by atoms with E-state index in [-0.39, 0.29) is 6.61 Å². The van der Waals surface area contributed by atoms with Crippen molar-refractivity contribution < 1.29 is 5.11 Å². The lowest BCUT2D eigenvalue weighted by Crippen LogP contribution is -2.33. The van der Waals surface area contributed by atoms with Gasteiger partial charge in [0.15, 0.2) is 0 Å².